The molecule has 0 spiro atoms. The lowest BCUT2D eigenvalue weighted by molar-refractivity contribution is -0.568. The van der Waals surface area contributed by atoms with E-state index in [1.54, 1.807) is 30.3 Å². The Morgan fingerprint density at radius 2 is 1.50 bits per heavy atom. The summed E-state index contributed by atoms with van der Waals surface area (Å²) in [5, 5.41) is 0. The number of hydrogen-bond donors (Lipinski definition) is 0. The molecule has 2 aromatic carbocycles. The van der Waals surface area contributed by atoms with Crippen LogP contribution in [-0.2, 0) is 4.65 Å². The van der Waals surface area contributed by atoms with Crippen molar-refractivity contribution in [3.05, 3.63) is 78.6 Å². The third-order valence-electron chi connectivity index (χ3n) is 3.73. The average molecular weight is 323 g/mol. The smallest absolute Gasteiger partial charge is 0.590 e. The molecule has 0 atom stereocenters. The van der Waals surface area contributed by atoms with Crippen molar-refractivity contribution in [2.75, 3.05) is 0 Å². The SMILES string of the molecule is F[B-]1(F)OC(c2ccccc2)=Nc2cnc(-c3ccccc3)c[n+]21. The first-order valence-corrected chi connectivity index (χ1v) is 7.44. The number of rotatable bonds is 2. The second-order valence-corrected chi connectivity index (χ2v) is 5.37. The number of fused-ring (bicyclic) bond motifs is 1. The fourth-order valence-electron chi connectivity index (χ4n) is 2.55. The largest absolute Gasteiger partial charge is 0.736 e. The van der Waals surface area contributed by atoms with Crippen molar-refractivity contribution in [2.45, 2.75) is 0 Å². The highest BCUT2D eigenvalue weighted by molar-refractivity contribution is 6.53. The van der Waals surface area contributed by atoms with Crippen LogP contribution in [0.4, 0.5) is 14.4 Å². The van der Waals surface area contributed by atoms with Gasteiger partial charge in [0.1, 0.15) is 11.9 Å². The monoisotopic (exact) mass is 323 g/mol. The van der Waals surface area contributed by atoms with Crippen LogP contribution in [0.15, 0.2) is 78.0 Å². The Morgan fingerprint density at radius 1 is 0.875 bits per heavy atom. The molecule has 0 radical (unpaired) electrons. The highest BCUT2D eigenvalue weighted by Gasteiger charge is 2.46. The summed E-state index contributed by atoms with van der Waals surface area (Å²) in [5.41, 5.74) is 1.68. The molecule has 0 aliphatic carbocycles. The Morgan fingerprint density at radius 3 is 2.17 bits per heavy atom. The quantitative estimate of drug-likeness (QED) is 0.678. The van der Waals surface area contributed by atoms with Gasteiger partial charge in [-0.1, -0.05) is 48.5 Å². The van der Waals surface area contributed by atoms with Crippen LogP contribution in [0.2, 0.25) is 0 Å². The van der Waals surface area contributed by atoms with Gasteiger partial charge in [0.2, 0.25) is 0 Å². The molecule has 4 nitrogen and oxygen atoms in total. The Labute approximate surface area is 137 Å². The van der Waals surface area contributed by atoms with Gasteiger partial charge < -0.3 is 17.8 Å². The second-order valence-electron chi connectivity index (χ2n) is 5.37. The van der Waals surface area contributed by atoms with Gasteiger partial charge in [0.25, 0.3) is 5.90 Å². The van der Waals surface area contributed by atoms with Crippen molar-refractivity contribution in [2.24, 2.45) is 4.99 Å². The number of aliphatic imine (C=N–C) groups is 1. The van der Waals surface area contributed by atoms with Crippen LogP contribution >= 0.6 is 0 Å². The summed E-state index contributed by atoms with van der Waals surface area (Å²) >= 11 is 0. The zero-order valence-corrected chi connectivity index (χ0v) is 12.5. The first-order chi connectivity index (χ1) is 11.6. The number of benzene rings is 2. The van der Waals surface area contributed by atoms with Gasteiger partial charge in [-0.25, -0.2) is 4.98 Å². The Bertz CT molecular complexity index is 918. The van der Waals surface area contributed by atoms with Gasteiger partial charge in [-0.2, -0.15) is 0 Å². The summed E-state index contributed by atoms with van der Waals surface area (Å²) in [4.78, 5) is 8.43. The minimum atomic E-state index is -4.28. The predicted octanol–water partition coefficient (Wildman–Crippen LogP) is 3.37. The van der Waals surface area contributed by atoms with Crippen LogP contribution in [0.1, 0.15) is 5.56 Å². The molecule has 0 unspecified atom stereocenters. The minimum absolute atomic E-state index is 0.0600. The molecule has 0 saturated heterocycles. The third-order valence-corrected chi connectivity index (χ3v) is 3.73. The molecule has 118 valence electrons. The molecule has 0 bridgehead atoms. The van der Waals surface area contributed by atoms with Gasteiger partial charge in [0.05, 0.1) is 11.8 Å². The summed E-state index contributed by atoms with van der Waals surface area (Å²) in [6.45, 7) is 0. The fraction of sp³-hybridized carbons (Fsp3) is 0. The van der Waals surface area contributed by atoms with Crippen molar-refractivity contribution in [1.82, 2.24) is 4.98 Å². The molecular weight excluding hydrogens is 311 g/mol. The first kappa shape index (κ1) is 14.5. The maximum absolute atomic E-state index is 14.5. The van der Waals surface area contributed by atoms with Crippen LogP contribution in [0.5, 0.6) is 0 Å². The Kier molecular flexibility index (Phi) is 3.34. The topological polar surface area (TPSA) is 38.4 Å². The van der Waals surface area contributed by atoms with E-state index in [-0.39, 0.29) is 11.7 Å². The second kappa shape index (κ2) is 5.52. The van der Waals surface area contributed by atoms with Gasteiger partial charge in [0.15, 0.2) is 0 Å². The molecule has 1 aliphatic heterocycles. The molecule has 24 heavy (non-hydrogen) atoms. The van der Waals surface area contributed by atoms with Crippen LogP contribution < -0.4 is 4.48 Å². The first-order valence-electron chi connectivity index (χ1n) is 7.44. The van der Waals surface area contributed by atoms with E-state index in [0.717, 1.165) is 10.0 Å². The molecule has 2 heterocycles. The molecule has 7 heteroatoms. The van der Waals surface area contributed by atoms with Gasteiger partial charge in [-0.05, 0) is 17.1 Å². The molecule has 3 aromatic rings. The van der Waals surface area contributed by atoms with E-state index < -0.39 is 7.04 Å². The molecule has 1 aliphatic rings. The third kappa shape index (κ3) is 2.54. The molecule has 4 rings (SSSR count). The molecule has 0 amide bonds. The highest BCUT2D eigenvalue weighted by atomic mass is 19.3. The molecule has 0 N–H and O–H groups in total. The minimum Gasteiger partial charge on any atom is -0.590 e. The van der Waals surface area contributed by atoms with Gasteiger partial charge in [-0.3, -0.25) is 0 Å². The van der Waals surface area contributed by atoms with E-state index in [2.05, 4.69) is 9.98 Å². The number of nitrogens with zero attached hydrogens (tertiary/aromatic N) is 3. The fourth-order valence-corrected chi connectivity index (χ4v) is 2.55. The van der Waals surface area contributed by atoms with Crippen LogP contribution in [0.3, 0.4) is 0 Å². The molecule has 0 fully saturated rings. The van der Waals surface area contributed by atoms with E-state index in [4.69, 9.17) is 4.65 Å². The highest BCUT2D eigenvalue weighted by Crippen LogP contribution is 2.24. The number of aromatic nitrogens is 2. The van der Waals surface area contributed by atoms with Crippen LogP contribution in [0.25, 0.3) is 11.3 Å². The van der Waals surface area contributed by atoms with Crippen molar-refractivity contribution in [1.29, 1.82) is 0 Å². The predicted molar refractivity (Wildman–Crippen MR) is 87.0 cm³/mol. The van der Waals surface area contributed by atoms with Crippen LogP contribution in [0, 0.1) is 0 Å². The van der Waals surface area contributed by atoms with Gasteiger partial charge in [0, 0.05) is 5.56 Å². The van der Waals surface area contributed by atoms with Crippen molar-refractivity contribution < 1.29 is 17.8 Å². The Balaban J connectivity index is 1.82. The maximum Gasteiger partial charge on any atom is 0.736 e. The number of hydrogen-bond acceptors (Lipinski definition) is 3. The summed E-state index contributed by atoms with van der Waals surface area (Å²) in [7, 11) is -4.28. The van der Waals surface area contributed by atoms with E-state index in [1.165, 1.54) is 12.4 Å². The van der Waals surface area contributed by atoms with E-state index in [1.807, 2.05) is 30.3 Å². The van der Waals surface area contributed by atoms with Gasteiger partial charge >= 0.3 is 12.9 Å². The van der Waals surface area contributed by atoms with Crippen molar-refractivity contribution in [3.63, 3.8) is 0 Å². The van der Waals surface area contributed by atoms with Crippen molar-refractivity contribution >= 4 is 18.8 Å². The molecule has 0 saturated carbocycles. The summed E-state index contributed by atoms with van der Waals surface area (Å²) in [6, 6.07) is 17.8. The normalized spacial score (nSPS) is 15.2. The summed E-state index contributed by atoms with van der Waals surface area (Å²) in [5.74, 6) is -0.0420. The standard InChI is InChI=1S/C17H12BF2N3O/c19-18(20)23-12-15(13-7-3-1-4-8-13)21-11-16(23)22-17(24-18)14-9-5-2-6-10-14/h1-12H. The lowest BCUT2D eigenvalue weighted by atomic mass is 10.0. The lowest BCUT2D eigenvalue weighted by Crippen LogP contribution is -2.63. The van der Waals surface area contributed by atoms with Gasteiger partial charge in [-0.15, -0.1) is 0 Å². The summed E-state index contributed by atoms with van der Waals surface area (Å²) < 4.78 is 34.7. The molecule has 1 aromatic heterocycles. The van der Waals surface area contributed by atoms with E-state index in [0.29, 0.717) is 11.3 Å². The lowest BCUT2D eigenvalue weighted by Gasteiger charge is -2.27. The maximum atomic E-state index is 14.5. The average Bonchev–Trinajstić information content (AvgIpc) is 2.62. The zero-order valence-electron chi connectivity index (χ0n) is 12.5. The Hall–Kier alpha value is -3.09. The summed E-state index contributed by atoms with van der Waals surface area (Å²) in [6.07, 6.45) is 2.61. The van der Waals surface area contributed by atoms with E-state index >= 15 is 0 Å². The zero-order chi connectivity index (χ0) is 16.6. The number of halogens is 2. The molecular formula is C17H12BF2N3O. The van der Waals surface area contributed by atoms with Crippen LogP contribution in [-0.4, -0.2) is 17.9 Å². The van der Waals surface area contributed by atoms with E-state index in [9.17, 15) is 8.63 Å². The van der Waals surface area contributed by atoms with Crippen molar-refractivity contribution in [3.8, 4) is 11.3 Å².